The topological polar surface area (TPSA) is 46.9 Å². The molecule has 0 atom stereocenters. The van der Waals surface area contributed by atoms with E-state index in [0.717, 1.165) is 69.1 Å². The molecule has 170 valence electrons. The van der Waals surface area contributed by atoms with Crippen LogP contribution in [0.15, 0.2) is 6.07 Å². The molecule has 0 saturated carbocycles. The third-order valence-electron chi connectivity index (χ3n) is 6.79. The maximum Gasteiger partial charge on any atom is 0.255 e. The number of methoxy groups -OCH3 is 1. The van der Waals surface area contributed by atoms with E-state index < -0.39 is 0 Å². The second-order valence-corrected chi connectivity index (χ2v) is 8.88. The predicted octanol–water partition coefficient (Wildman–Crippen LogP) is 3.64. The Hall–Kier alpha value is -1.37. The average Bonchev–Trinajstić information content (AvgIpc) is 2.92. The van der Waals surface area contributed by atoms with Crippen LogP contribution in [-0.2, 0) is 16.0 Å². The van der Waals surface area contributed by atoms with Gasteiger partial charge in [-0.05, 0) is 71.7 Å². The Morgan fingerprint density at radius 2 is 1.83 bits per heavy atom. The summed E-state index contributed by atoms with van der Waals surface area (Å²) in [7, 11) is 1.72. The van der Waals surface area contributed by atoms with Gasteiger partial charge in [0.1, 0.15) is 0 Å². The van der Waals surface area contributed by atoms with Gasteiger partial charge in [-0.2, -0.15) is 0 Å². The van der Waals surface area contributed by atoms with Crippen molar-refractivity contribution < 1.29 is 14.3 Å². The van der Waals surface area contributed by atoms with Gasteiger partial charge in [0.15, 0.2) is 0 Å². The number of ether oxygens (including phenoxy) is 2. The lowest BCUT2D eigenvalue weighted by atomic mass is 10.0. The first-order valence-electron chi connectivity index (χ1n) is 11.9. The molecule has 1 aromatic heterocycles. The summed E-state index contributed by atoms with van der Waals surface area (Å²) in [6.45, 7) is 11.5. The van der Waals surface area contributed by atoms with Crippen LogP contribution in [0.4, 0.5) is 0 Å². The van der Waals surface area contributed by atoms with E-state index in [1.165, 1.54) is 38.8 Å². The lowest BCUT2D eigenvalue weighted by Crippen LogP contribution is -2.45. The number of aryl methyl sites for hydroxylation is 1. The van der Waals surface area contributed by atoms with Gasteiger partial charge in [0.25, 0.3) is 5.91 Å². The molecule has 6 nitrogen and oxygen atoms in total. The Bertz CT molecular complexity index is 659. The number of nitrogens with zero attached hydrogens (tertiary/aromatic N) is 3. The first-order valence-corrected chi connectivity index (χ1v) is 11.9. The summed E-state index contributed by atoms with van der Waals surface area (Å²) in [5.41, 5.74) is 3.04. The van der Waals surface area contributed by atoms with Crippen molar-refractivity contribution in [2.75, 3.05) is 53.1 Å². The fourth-order valence-electron chi connectivity index (χ4n) is 4.97. The van der Waals surface area contributed by atoms with E-state index in [0.29, 0.717) is 6.61 Å². The molecule has 0 aromatic carbocycles. The molecule has 0 bridgehead atoms. The van der Waals surface area contributed by atoms with Gasteiger partial charge in [0, 0.05) is 50.8 Å². The van der Waals surface area contributed by atoms with Crippen molar-refractivity contribution in [3.8, 4) is 0 Å². The molecule has 30 heavy (non-hydrogen) atoms. The monoisotopic (exact) mass is 419 g/mol. The maximum atomic E-state index is 13.7. The lowest BCUT2D eigenvalue weighted by Gasteiger charge is -2.35. The highest BCUT2D eigenvalue weighted by Gasteiger charge is 2.28. The second kappa shape index (κ2) is 11.9. The largest absolute Gasteiger partial charge is 0.383 e. The third-order valence-corrected chi connectivity index (χ3v) is 6.79. The molecule has 0 aliphatic carbocycles. The van der Waals surface area contributed by atoms with Crippen molar-refractivity contribution in [3.63, 3.8) is 0 Å². The SMILES string of the molecule is COCCn1c(C)cc(C(=O)N(CCCN2CCCCCC2)C2CCOCC2)c1C. The number of carbonyl (C=O) groups excluding carboxylic acids is 1. The minimum atomic E-state index is 0.189. The summed E-state index contributed by atoms with van der Waals surface area (Å²) in [5, 5.41) is 0. The summed E-state index contributed by atoms with van der Waals surface area (Å²) in [6, 6.07) is 2.35. The van der Waals surface area contributed by atoms with Crippen LogP contribution in [0.5, 0.6) is 0 Å². The van der Waals surface area contributed by atoms with Crippen LogP contribution in [-0.4, -0.2) is 79.4 Å². The first-order chi connectivity index (χ1) is 14.6. The van der Waals surface area contributed by atoms with Crippen LogP contribution in [0.1, 0.15) is 66.7 Å². The van der Waals surface area contributed by atoms with Gasteiger partial charge in [0.05, 0.1) is 12.2 Å². The van der Waals surface area contributed by atoms with Crippen LogP contribution in [0, 0.1) is 13.8 Å². The Kier molecular flexibility index (Phi) is 9.22. The van der Waals surface area contributed by atoms with E-state index in [-0.39, 0.29) is 11.9 Å². The van der Waals surface area contributed by atoms with E-state index in [2.05, 4.69) is 34.3 Å². The molecule has 2 fully saturated rings. The molecule has 1 aromatic rings. The highest BCUT2D eigenvalue weighted by molar-refractivity contribution is 5.96. The maximum absolute atomic E-state index is 13.7. The molecule has 0 radical (unpaired) electrons. The van der Waals surface area contributed by atoms with Gasteiger partial charge in [-0.1, -0.05) is 12.8 Å². The highest BCUT2D eigenvalue weighted by Crippen LogP contribution is 2.22. The summed E-state index contributed by atoms with van der Waals surface area (Å²) < 4.78 is 13.0. The van der Waals surface area contributed by atoms with E-state index >= 15 is 0 Å². The van der Waals surface area contributed by atoms with E-state index in [4.69, 9.17) is 9.47 Å². The highest BCUT2D eigenvalue weighted by atomic mass is 16.5. The lowest BCUT2D eigenvalue weighted by molar-refractivity contribution is 0.0280. The molecular formula is C24H41N3O3. The summed E-state index contributed by atoms with van der Waals surface area (Å²) in [5.74, 6) is 0.189. The van der Waals surface area contributed by atoms with Crippen LogP contribution in [0.3, 0.4) is 0 Å². The van der Waals surface area contributed by atoms with E-state index in [1.807, 2.05) is 0 Å². The molecule has 0 unspecified atom stereocenters. The normalized spacial score (nSPS) is 19.0. The van der Waals surface area contributed by atoms with Crippen molar-refractivity contribution in [3.05, 3.63) is 23.0 Å². The van der Waals surface area contributed by atoms with Crippen molar-refractivity contribution in [1.82, 2.24) is 14.4 Å². The molecular weight excluding hydrogens is 378 g/mol. The van der Waals surface area contributed by atoms with Crippen molar-refractivity contribution in [2.45, 2.75) is 71.4 Å². The van der Waals surface area contributed by atoms with Gasteiger partial charge in [-0.3, -0.25) is 4.79 Å². The molecule has 2 saturated heterocycles. The Morgan fingerprint density at radius 1 is 1.13 bits per heavy atom. The zero-order chi connectivity index (χ0) is 21.3. The Labute approximate surface area is 182 Å². The molecule has 0 N–H and O–H groups in total. The number of rotatable bonds is 9. The standard InChI is InChI=1S/C24H41N3O3/c1-20-19-23(21(2)26(20)15-18-29-3)24(28)27(22-9-16-30-17-10-22)14-8-13-25-11-6-4-5-7-12-25/h19,22H,4-18H2,1-3H3. The smallest absolute Gasteiger partial charge is 0.255 e. The molecule has 2 aliphatic heterocycles. The van der Waals surface area contributed by atoms with Crippen molar-refractivity contribution in [2.24, 2.45) is 0 Å². The van der Waals surface area contributed by atoms with Crippen LogP contribution in [0.2, 0.25) is 0 Å². The molecule has 1 amide bonds. The molecule has 2 aliphatic rings. The molecule has 0 spiro atoms. The average molecular weight is 420 g/mol. The van der Waals surface area contributed by atoms with Crippen LogP contribution >= 0.6 is 0 Å². The minimum absolute atomic E-state index is 0.189. The van der Waals surface area contributed by atoms with Crippen LogP contribution in [0.25, 0.3) is 0 Å². The van der Waals surface area contributed by atoms with Crippen molar-refractivity contribution in [1.29, 1.82) is 0 Å². The number of hydrogen-bond donors (Lipinski definition) is 0. The van der Waals surface area contributed by atoms with E-state index in [1.54, 1.807) is 7.11 Å². The molecule has 3 heterocycles. The Morgan fingerprint density at radius 3 is 2.50 bits per heavy atom. The van der Waals surface area contributed by atoms with Gasteiger partial charge >= 0.3 is 0 Å². The fraction of sp³-hybridized carbons (Fsp3) is 0.792. The number of likely N-dealkylation sites (tertiary alicyclic amines) is 1. The van der Waals surface area contributed by atoms with Crippen LogP contribution < -0.4 is 0 Å². The van der Waals surface area contributed by atoms with Crippen molar-refractivity contribution >= 4 is 5.91 Å². The number of amides is 1. The summed E-state index contributed by atoms with van der Waals surface area (Å²) in [6.07, 6.45) is 8.29. The van der Waals surface area contributed by atoms with Gasteiger partial charge < -0.3 is 23.8 Å². The fourth-order valence-corrected chi connectivity index (χ4v) is 4.97. The second-order valence-electron chi connectivity index (χ2n) is 8.88. The number of hydrogen-bond acceptors (Lipinski definition) is 4. The zero-order valence-electron chi connectivity index (χ0n) is 19.3. The predicted molar refractivity (Wildman–Crippen MR) is 120 cm³/mol. The molecule has 6 heteroatoms. The number of carbonyl (C=O) groups is 1. The Balaban J connectivity index is 1.69. The first kappa shape index (κ1) is 23.3. The summed E-state index contributed by atoms with van der Waals surface area (Å²) in [4.78, 5) is 18.4. The van der Waals surface area contributed by atoms with Gasteiger partial charge in [-0.15, -0.1) is 0 Å². The van der Waals surface area contributed by atoms with E-state index in [9.17, 15) is 4.79 Å². The summed E-state index contributed by atoms with van der Waals surface area (Å²) >= 11 is 0. The quantitative estimate of drug-likeness (QED) is 0.613. The molecule has 3 rings (SSSR count). The third kappa shape index (κ3) is 6.08. The van der Waals surface area contributed by atoms with Gasteiger partial charge in [-0.25, -0.2) is 0 Å². The minimum Gasteiger partial charge on any atom is -0.383 e. The zero-order valence-corrected chi connectivity index (χ0v) is 19.3. The number of aromatic nitrogens is 1. The van der Waals surface area contributed by atoms with Gasteiger partial charge in [0.2, 0.25) is 0 Å².